The van der Waals surface area contributed by atoms with E-state index in [9.17, 15) is 13.7 Å². The minimum absolute atomic E-state index is 0.101. The molecule has 160 valence electrons. The van der Waals surface area contributed by atoms with Crippen LogP contribution in [0, 0.1) is 25.2 Å². The molecule has 0 bridgehead atoms. The third kappa shape index (κ3) is 4.40. The monoisotopic (exact) mass is 438 g/mol. The summed E-state index contributed by atoms with van der Waals surface area (Å²) in [6.07, 6.45) is 0. The van der Waals surface area contributed by atoms with Crippen LogP contribution in [0.2, 0.25) is 0 Å². The summed E-state index contributed by atoms with van der Waals surface area (Å²) in [5, 5.41) is 13.4. The Hall–Kier alpha value is -3.35. The van der Waals surface area contributed by atoms with E-state index >= 15 is 0 Å². The van der Waals surface area contributed by atoms with Gasteiger partial charge < -0.3 is 14.8 Å². The van der Waals surface area contributed by atoms with Crippen LogP contribution in [-0.2, 0) is 10.0 Å². The van der Waals surface area contributed by atoms with Gasteiger partial charge in [-0.1, -0.05) is 0 Å². The molecule has 0 saturated heterocycles. The van der Waals surface area contributed by atoms with E-state index in [1.165, 1.54) is 12.1 Å². The number of nitrogens with one attached hydrogen (secondary N) is 2. The number of hydrogen-bond donors (Lipinski definition) is 2. The van der Waals surface area contributed by atoms with Crippen molar-refractivity contribution in [2.75, 3.05) is 31.6 Å². The molecule has 4 rings (SSSR count). The van der Waals surface area contributed by atoms with Crippen molar-refractivity contribution in [3.05, 3.63) is 53.1 Å². The first kappa shape index (κ1) is 20.9. The Kier molecular flexibility index (Phi) is 5.67. The molecular formula is C22H22N4O4S. The second kappa shape index (κ2) is 8.41. The van der Waals surface area contributed by atoms with Crippen molar-refractivity contribution in [2.24, 2.45) is 0 Å². The number of aryl methyl sites for hydroxylation is 2. The molecule has 0 aliphatic carbocycles. The van der Waals surface area contributed by atoms with Crippen LogP contribution >= 0.6 is 0 Å². The lowest BCUT2D eigenvalue weighted by atomic mass is 10.0. The van der Waals surface area contributed by atoms with E-state index in [0.717, 1.165) is 22.0 Å². The molecule has 31 heavy (non-hydrogen) atoms. The summed E-state index contributed by atoms with van der Waals surface area (Å²) in [6.45, 7) is 5.23. The number of ether oxygens (including phenoxy) is 2. The van der Waals surface area contributed by atoms with Gasteiger partial charge in [-0.2, -0.15) is 5.26 Å². The summed E-state index contributed by atoms with van der Waals surface area (Å²) in [5.41, 5.74) is 3.43. The first-order valence-electron chi connectivity index (χ1n) is 9.83. The van der Waals surface area contributed by atoms with Gasteiger partial charge in [0.2, 0.25) is 10.0 Å². The maximum absolute atomic E-state index is 12.6. The van der Waals surface area contributed by atoms with Crippen molar-refractivity contribution in [3.8, 4) is 17.6 Å². The SMILES string of the molecule is Cc1cc2cc(C#N)c(NCCNS(=O)(=O)c3ccc4c(c3)OCCO4)nc2cc1C. The fourth-order valence-corrected chi connectivity index (χ4v) is 4.35. The van der Waals surface area contributed by atoms with Gasteiger partial charge in [0.15, 0.2) is 11.5 Å². The van der Waals surface area contributed by atoms with Crippen LogP contribution in [0.3, 0.4) is 0 Å². The number of sulfonamides is 1. The minimum atomic E-state index is -3.72. The minimum Gasteiger partial charge on any atom is -0.486 e. The molecule has 1 aromatic heterocycles. The third-order valence-electron chi connectivity index (χ3n) is 5.08. The zero-order valence-corrected chi connectivity index (χ0v) is 18.0. The van der Waals surface area contributed by atoms with E-state index < -0.39 is 10.0 Å². The molecule has 2 N–H and O–H groups in total. The molecule has 0 unspecified atom stereocenters. The number of nitrogens with zero attached hydrogens (tertiary/aromatic N) is 2. The number of hydrogen-bond acceptors (Lipinski definition) is 7. The molecule has 0 atom stereocenters. The van der Waals surface area contributed by atoms with Gasteiger partial charge in [-0.3, -0.25) is 0 Å². The second-order valence-corrected chi connectivity index (χ2v) is 9.02. The molecule has 1 aliphatic heterocycles. The first-order valence-corrected chi connectivity index (χ1v) is 11.3. The Balaban J connectivity index is 1.44. The lowest BCUT2D eigenvalue weighted by Crippen LogP contribution is -2.29. The number of fused-ring (bicyclic) bond motifs is 2. The van der Waals surface area contributed by atoms with Crippen molar-refractivity contribution in [3.63, 3.8) is 0 Å². The predicted molar refractivity (Wildman–Crippen MR) is 117 cm³/mol. The lowest BCUT2D eigenvalue weighted by Gasteiger charge is -2.19. The highest BCUT2D eigenvalue weighted by atomic mass is 32.2. The topological polar surface area (TPSA) is 113 Å². The van der Waals surface area contributed by atoms with Crippen LogP contribution in [0.1, 0.15) is 16.7 Å². The lowest BCUT2D eigenvalue weighted by molar-refractivity contribution is 0.171. The van der Waals surface area contributed by atoms with Crippen molar-refractivity contribution in [1.82, 2.24) is 9.71 Å². The molecule has 0 spiro atoms. The van der Waals surface area contributed by atoms with Gasteiger partial charge in [-0.25, -0.2) is 18.1 Å². The van der Waals surface area contributed by atoms with Gasteiger partial charge in [0.25, 0.3) is 0 Å². The van der Waals surface area contributed by atoms with E-state index in [1.807, 2.05) is 26.0 Å². The summed E-state index contributed by atoms with van der Waals surface area (Å²) in [6, 6.07) is 12.4. The molecule has 8 nitrogen and oxygen atoms in total. The van der Waals surface area contributed by atoms with Crippen LogP contribution in [-0.4, -0.2) is 39.7 Å². The smallest absolute Gasteiger partial charge is 0.240 e. The molecule has 3 aromatic rings. The van der Waals surface area contributed by atoms with Gasteiger partial charge in [0, 0.05) is 24.5 Å². The van der Waals surface area contributed by atoms with E-state index in [2.05, 4.69) is 21.1 Å². The Labute approximate surface area is 180 Å². The van der Waals surface area contributed by atoms with E-state index in [4.69, 9.17) is 9.47 Å². The van der Waals surface area contributed by atoms with Crippen molar-refractivity contribution < 1.29 is 17.9 Å². The molecule has 0 radical (unpaired) electrons. The van der Waals surface area contributed by atoms with Crippen molar-refractivity contribution >= 4 is 26.7 Å². The average molecular weight is 439 g/mol. The maximum Gasteiger partial charge on any atom is 0.240 e. The van der Waals surface area contributed by atoms with Crippen molar-refractivity contribution in [1.29, 1.82) is 5.26 Å². The standard InChI is InChI=1S/C22H22N4O4S/c1-14-9-16-11-17(13-23)22(26-19(16)10-15(14)2)24-5-6-25-31(27,28)18-3-4-20-21(12-18)30-8-7-29-20/h3-4,9-12,25H,5-8H2,1-2H3,(H,24,26). The fraction of sp³-hybridized carbons (Fsp3) is 0.273. The average Bonchev–Trinajstić information content (AvgIpc) is 2.77. The Morgan fingerprint density at radius 2 is 1.77 bits per heavy atom. The molecule has 0 amide bonds. The summed E-state index contributed by atoms with van der Waals surface area (Å²) >= 11 is 0. The number of aromatic nitrogens is 1. The molecular weight excluding hydrogens is 416 g/mol. The van der Waals surface area contributed by atoms with Crippen molar-refractivity contribution in [2.45, 2.75) is 18.7 Å². The van der Waals surface area contributed by atoms with E-state index in [1.54, 1.807) is 12.1 Å². The highest BCUT2D eigenvalue weighted by Gasteiger charge is 2.19. The van der Waals surface area contributed by atoms with Crippen LogP contribution in [0.5, 0.6) is 11.5 Å². The van der Waals surface area contributed by atoms with Gasteiger partial charge >= 0.3 is 0 Å². The quantitative estimate of drug-likeness (QED) is 0.569. The first-order chi connectivity index (χ1) is 14.9. The molecule has 9 heteroatoms. The largest absolute Gasteiger partial charge is 0.486 e. The Morgan fingerprint density at radius 3 is 2.55 bits per heavy atom. The number of pyridine rings is 1. The number of nitriles is 1. The van der Waals surface area contributed by atoms with Gasteiger partial charge in [0.1, 0.15) is 25.1 Å². The fourth-order valence-electron chi connectivity index (χ4n) is 3.30. The van der Waals surface area contributed by atoms with Gasteiger partial charge in [-0.15, -0.1) is 0 Å². The molecule has 0 fully saturated rings. The van der Waals surface area contributed by atoms with E-state index in [-0.39, 0.29) is 18.0 Å². The number of benzene rings is 2. The molecule has 1 aliphatic rings. The van der Waals surface area contributed by atoms with Crippen LogP contribution < -0.4 is 19.5 Å². The molecule has 2 heterocycles. The summed E-state index contributed by atoms with van der Waals surface area (Å²) in [5.74, 6) is 1.37. The Bertz CT molecular complexity index is 1300. The second-order valence-electron chi connectivity index (χ2n) is 7.26. The van der Waals surface area contributed by atoms with Crippen LogP contribution in [0.4, 0.5) is 5.82 Å². The van der Waals surface area contributed by atoms with Gasteiger partial charge in [0.05, 0.1) is 16.0 Å². The molecule has 0 saturated carbocycles. The van der Waals surface area contributed by atoms with Crippen LogP contribution in [0.15, 0.2) is 41.3 Å². The highest BCUT2D eigenvalue weighted by Crippen LogP contribution is 2.32. The number of rotatable bonds is 6. The van der Waals surface area contributed by atoms with Gasteiger partial charge in [-0.05, 0) is 55.3 Å². The molecule has 2 aromatic carbocycles. The summed E-state index contributed by atoms with van der Waals surface area (Å²) in [7, 11) is -3.72. The van der Waals surface area contributed by atoms with E-state index in [0.29, 0.717) is 36.1 Å². The number of anilines is 1. The van der Waals surface area contributed by atoms with Crippen LogP contribution in [0.25, 0.3) is 10.9 Å². The maximum atomic E-state index is 12.6. The summed E-state index contributed by atoms with van der Waals surface area (Å²) in [4.78, 5) is 4.65. The highest BCUT2D eigenvalue weighted by molar-refractivity contribution is 7.89. The predicted octanol–water partition coefficient (Wildman–Crippen LogP) is 2.88. The zero-order chi connectivity index (χ0) is 22.0. The zero-order valence-electron chi connectivity index (χ0n) is 17.2. The Morgan fingerprint density at radius 1 is 1.03 bits per heavy atom. The normalized spacial score (nSPS) is 13.1. The summed E-state index contributed by atoms with van der Waals surface area (Å²) < 4.78 is 38.6. The third-order valence-corrected chi connectivity index (χ3v) is 6.54.